The minimum atomic E-state index is -1.26. The largest absolute Gasteiger partial charge is 0.478 e. The number of hydrogen-bond acceptors (Lipinski definition) is 3. The van der Waals surface area contributed by atoms with Crippen molar-refractivity contribution in [2.75, 3.05) is 5.32 Å². The van der Waals surface area contributed by atoms with Crippen LogP contribution >= 0.6 is 0 Å². The molecule has 1 fully saturated rings. The first-order chi connectivity index (χ1) is 9.86. The lowest BCUT2D eigenvalue weighted by molar-refractivity contribution is 0.0696. The Morgan fingerprint density at radius 3 is 2.05 bits per heavy atom. The molecule has 0 saturated heterocycles. The van der Waals surface area contributed by atoms with E-state index in [1.165, 1.54) is 12.1 Å². The third-order valence-electron chi connectivity index (χ3n) is 3.37. The summed E-state index contributed by atoms with van der Waals surface area (Å²) in [7, 11) is 0. The van der Waals surface area contributed by atoms with E-state index in [-0.39, 0.29) is 22.9 Å². The Labute approximate surface area is 121 Å². The molecule has 1 unspecified atom stereocenters. The molecule has 7 heteroatoms. The van der Waals surface area contributed by atoms with Crippen LogP contribution in [-0.2, 0) is 0 Å². The van der Waals surface area contributed by atoms with Crippen molar-refractivity contribution in [3.05, 3.63) is 29.3 Å². The molecule has 2 rings (SSSR count). The highest BCUT2D eigenvalue weighted by Gasteiger charge is 2.28. The van der Waals surface area contributed by atoms with Crippen molar-refractivity contribution >= 4 is 23.7 Å². The minimum absolute atomic E-state index is 0.0339. The van der Waals surface area contributed by atoms with Gasteiger partial charge in [-0.3, -0.25) is 0 Å². The number of hydrogen-bond donors (Lipinski definition) is 4. The fourth-order valence-electron chi connectivity index (χ4n) is 2.03. The van der Waals surface area contributed by atoms with Gasteiger partial charge in [0.15, 0.2) is 0 Å². The van der Waals surface area contributed by atoms with E-state index >= 15 is 0 Å². The first kappa shape index (κ1) is 14.8. The molecule has 1 aliphatic rings. The molecule has 0 aromatic heterocycles. The molecule has 0 aliphatic heterocycles. The van der Waals surface area contributed by atoms with Crippen molar-refractivity contribution in [1.82, 2.24) is 5.32 Å². The molecule has 0 spiro atoms. The monoisotopic (exact) mass is 292 g/mol. The summed E-state index contributed by atoms with van der Waals surface area (Å²) in [6, 6.07) is 3.03. The Kier molecular flexibility index (Phi) is 4.11. The Balaban J connectivity index is 2.12. The van der Waals surface area contributed by atoms with E-state index in [0.717, 1.165) is 18.9 Å². The number of rotatable bonds is 5. The number of anilines is 1. The van der Waals surface area contributed by atoms with E-state index in [1.807, 2.05) is 6.92 Å². The van der Waals surface area contributed by atoms with Gasteiger partial charge in [-0.1, -0.05) is 0 Å². The summed E-state index contributed by atoms with van der Waals surface area (Å²) in [5.74, 6) is -2.03. The number of carbonyl (C=O) groups is 3. The highest BCUT2D eigenvalue weighted by atomic mass is 16.4. The number of benzene rings is 1. The Morgan fingerprint density at radius 1 is 1.10 bits per heavy atom. The molecule has 1 saturated carbocycles. The van der Waals surface area contributed by atoms with Crippen LogP contribution in [0.2, 0.25) is 0 Å². The zero-order chi connectivity index (χ0) is 15.6. The average molecular weight is 292 g/mol. The maximum atomic E-state index is 11.8. The first-order valence-electron chi connectivity index (χ1n) is 6.56. The maximum Gasteiger partial charge on any atom is 0.335 e. The molecule has 0 bridgehead atoms. The molecule has 0 radical (unpaired) electrons. The third kappa shape index (κ3) is 3.95. The standard InChI is InChI=1S/C14H16N2O5/c1-7(8-2-3-8)15-14(21)16-11-5-9(12(17)18)4-10(6-11)13(19)20/h4-8H,2-3H2,1H3,(H,17,18)(H,19,20)(H2,15,16,21). The lowest BCUT2D eigenvalue weighted by atomic mass is 10.1. The second-order valence-corrected chi connectivity index (χ2v) is 5.13. The number of nitrogens with one attached hydrogen (secondary N) is 2. The van der Waals surface area contributed by atoms with Gasteiger partial charge in [0, 0.05) is 11.7 Å². The summed E-state index contributed by atoms with van der Waals surface area (Å²) in [5.41, 5.74) is -0.256. The van der Waals surface area contributed by atoms with Crippen LogP contribution in [0.25, 0.3) is 0 Å². The van der Waals surface area contributed by atoms with E-state index in [0.29, 0.717) is 5.92 Å². The van der Waals surface area contributed by atoms with Crippen LogP contribution < -0.4 is 10.6 Å². The Bertz CT molecular complexity index is 563. The van der Waals surface area contributed by atoms with Gasteiger partial charge in [0.1, 0.15) is 0 Å². The smallest absolute Gasteiger partial charge is 0.335 e. The molecular formula is C14H16N2O5. The van der Waals surface area contributed by atoms with E-state index in [1.54, 1.807) is 0 Å². The molecule has 1 aromatic rings. The molecule has 21 heavy (non-hydrogen) atoms. The summed E-state index contributed by atoms with van der Waals surface area (Å²) in [5, 5.41) is 23.1. The van der Waals surface area contributed by atoms with Gasteiger partial charge in [-0.2, -0.15) is 0 Å². The lowest BCUT2D eigenvalue weighted by Crippen LogP contribution is -2.37. The van der Waals surface area contributed by atoms with Gasteiger partial charge in [-0.25, -0.2) is 14.4 Å². The van der Waals surface area contributed by atoms with Gasteiger partial charge < -0.3 is 20.8 Å². The van der Waals surface area contributed by atoms with E-state index in [4.69, 9.17) is 10.2 Å². The summed E-state index contributed by atoms with van der Waals surface area (Å²) in [6.07, 6.45) is 2.16. The first-order valence-corrected chi connectivity index (χ1v) is 6.56. The summed E-state index contributed by atoms with van der Waals surface area (Å²) in [6.45, 7) is 1.90. The van der Waals surface area contributed by atoms with Gasteiger partial charge in [0.2, 0.25) is 0 Å². The van der Waals surface area contributed by atoms with Crippen LogP contribution in [0, 0.1) is 5.92 Å². The lowest BCUT2D eigenvalue weighted by Gasteiger charge is -2.14. The van der Waals surface area contributed by atoms with Gasteiger partial charge in [0.25, 0.3) is 0 Å². The number of carbonyl (C=O) groups excluding carboxylic acids is 1. The molecule has 1 atom stereocenters. The fourth-order valence-corrected chi connectivity index (χ4v) is 2.03. The number of carboxylic acids is 2. The average Bonchev–Trinajstić information content (AvgIpc) is 3.22. The van der Waals surface area contributed by atoms with E-state index in [9.17, 15) is 14.4 Å². The minimum Gasteiger partial charge on any atom is -0.478 e. The van der Waals surface area contributed by atoms with Crippen molar-refractivity contribution in [1.29, 1.82) is 0 Å². The molecule has 0 heterocycles. The van der Waals surface area contributed by atoms with Crippen LogP contribution in [-0.4, -0.2) is 34.2 Å². The Morgan fingerprint density at radius 2 is 1.62 bits per heavy atom. The second kappa shape index (κ2) is 5.82. The zero-order valence-electron chi connectivity index (χ0n) is 11.4. The van der Waals surface area contributed by atoms with Crippen molar-refractivity contribution < 1.29 is 24.6 Å². The summed E-state index contributed by atoms with van der Waals surface area (Å²) in [4.78, 5) is 33.7. The normalized spacial score (nSPS) is 15.1. The Hall–Kier alpha value is -2.57. The van der Waals surface area contributed by atoms with Gasteiger partial charge in [0.05, 0.1) is 11.1 Å². The van der Waals surface area contributed by atoms with Gasteiger partial charge in [-0.15, -0.1) is 0 Å². The van der Waals surface area contributed by atoms with E-state index < -0.39 is 18.0 Å². The molecule has 7 nitrogen and oxygen atoms in total. The summed E-state index contributed by atoms with van der Waals surface area (Å²) >= 11 is 0. The van der Waals surface area contributed by atoms with Crippen molar-refractivity contribution in [2.45, 2.75) is 25.8 Å². The number of urea groups is 1. The molecule has 112 valence electrons. The second-order valence-electron chi connectivity index (χ2n) is 5.13. The van der Waals surface area contributed by atoms with Crippen LogP contribution in [0.1, 0.15) is 40.5 Å². The number of carboxylic acid groups (broad SMARTS) is 2. The highest BCUT2D eigenvalue weighted by Crippen LogP contribution is 2.32. The molecule has 1 aliphatic carbocycles. The SMILES string of the molecule is CC(NC(=O)Nc1cc(C(=O)O)cc(C(=O)O)c1)C1CC1. The molecular weight excluding hydrogens is 276 g/mol. The van der Waals surface area contributed by atoms with Gasteiger partial charge >= 0.3 is 18.0 Å². The van der Waals surface area contributed by atoms with Crippen molar-refractivity contribution in [3.8, 4) is 0 Å². The molecule has 2 amide bonds. The zero-order valence-corrected chi connectivity index (χ0v) is 11.4. The topological polar surface area (TPSA) is 116 Å². The number of amides is 2. The van der Waals surface area contributed by atoms with Crippen LogP contribution in [0.4, 0.5) is 10.5 Å². The van der Waals surface area contributed by atoms with Crippen LogP contribution in [0.3, 0.4) is 0 Å². The summed E-state index contributed by atoms with van der Waals surface area (Å²) < 4.78 is 0. The van der Waals surface area contributed by atoms with Crippen molar-refractivity contribution in [2.24, 2.45) is 5.92 Å². The maximum absolute atomic E-state index is 11.8. The molecule has 4 N–H and O–H groups in total. The molecule has 1 aromatic carbocycles. The third-order valence-corrected chi connectivity index (χ3v) is 3.37. The van der Waals surface area contributed by atoms with Crippen LogP contribution in [0.15, 0.2) is 18.2 Å². The van der Waals surface area contributed by atoms with Crippen LogP contribution in [0.5, 0.6) is 0 Å². The number of aromatic carboxylic acids is 2. The van der Waals surface area contributed by atoms with E-state index in [2.05, 4.69) is 10.6 Å². The quantitative estimate of drug-likeness (QED) is 0.662. The van der Waals surface area contributed by atoms with Crippen molar-refractivity contribution in [3.63, 3.8) is 0 Å². The predicted octanol–water partition coefficient (Wildman–Crippen LogP) is 2.00. The highest BCUT2D eigenvalue weighted by molar-refractivity contribution is 5.98. The van der Waals surface area contributed by atoms with Gasteiger partial charge in [-0.05, 0) is 43.9 Å². The fraction of sp³-hybridized carbons (Fsp3) is 0.357. The predicted molar refractivity (Wildman–Crippen MR) is 74.7 cm³/mol.